The van der Waals surface area contributed by atoms with Gasteiger partial charge in [-0.25, -0.2) is 12.9 Å². The number of carbonyl (C=O) groups is 1. The van der Waals surface area contributed by atoms with Crippen LogP contribution in [0.2, 0.25) is 0 Å². The summed E-state index contributed by atoms with van der Waals surface area (Å²) in [7, 11) is -4.05. The molecule has 1 aliphatic rings. The van der Waals surface area contributed by atoms with Gasteiger partial charge in [-0.3, -0.25) is 0 Å². The van der Waals surface area contributed by atoms with Crippen LogP contribution in [0, 0.1) is 6.92 Å². The van der Waals surface area contributed by atoms with Crippen molar-refractivity contribution in [2.75, 3.05) is 19.6 Å². The maximum Gasteiger partial charge on any atom is 0.514 e. The third kappa shape index (κ3) is 3.65. The SMILES string of the molecule is Cc1cc(C(F)(F)F)ccc1S(=O)(=O)N1CC[N+](C(=O)O)(C(C)(C)C)[C@@H](C)C1. The minimum absolute atomic E-state index is 0.00265. The lowest BCUT2D eigenvalue weighted by atomic mass is 9.96. The molecule has 1 amide bonds. The van der Waals surface area contributed by atoms with Crippen molar-refractivity contribution in [3.8, 4) is 0 Å². The van der Waals surface area contributed by atoms with E-state index >= 15 is 0 Å². The van der Waals surface area contributed by atoms with Gasteiger partial charge in [0.25, 0.3) is 0 Å². The third-order valence-corrected chi connectivity index (χ3v) is 7.61. The minimum atomic E-state index is -4.56. The molecule has 10 heteroatoms. The average Bonchev–Trinajstić information content (AvgIpc) is 2.51. The number of aryl methyl sites for hydroxylation is 1. The summed E-state index contributed by atoms with van der Waals surface area (Å²) in [4.78, 5) is 11.8. The molecule has 1 unspecified atom stereocenters. The number of hydrogen-bond donors (Lipinski definition) is 1. The lowest BCUT2D eigenvalue weighted by Gasteiger charge is -2.51. The zero-order chi connectivity index (χ0) is 21.7. The fourth-order valence-corrected chi connectivity index (χ4v) is 5.77. The molecule has 0 spiro atoms. The first kappa shape index (κ1) is 22.6. The second kappa shape index (κ2) is 7.00. The van der Waals surface area contributed by atoms with Gasteiger partial charge in [0.05, 0.1) is 23.5 Å². The Morgan fingerprint density at radius 2 is 1.82 bits per heavy atom. The molecule has 158 valence electrons. The van der Waals surface area contributed by atoms with Gasteiger partial charge in [-0.1, -0.05) is 0 Å². The number of nitrogens with zero attached hydrogens (tertiary/aromatic N) is 2. The number of sulfonamides is 1. The third-order valence-electron chi connectivity index (χ3n) is 5.58. The van der Waals surface area contributed by atoms with E-state index in [1.807, 2.05) is 0 Å². The van der Waals surface area contributed by atoms with Crippen molar-refractivity contribution in [3.05, 3.63) is 29.3 Å². The van der Waals surface area contributed by atoms with Crippen LogP contribution in [-0.4, -0.2) is 59.6 Å². The summed E-state index contributed by atoms with van der Waals surface area (Å²) in [5.41, 5.74) is -1.56. The highest BCUT2D eigenvalue weighted by Crippen LogP contribution is 2.35. The normalized spacial score (nSPS) is 24.9. The van der Waals surface area contributed by atoms with Crippen LogP contribution in [0.3, 0.4) is 0 Å². The number of alkyl halides is 3. The molecule has 1 heterocycles. The van der Waals surface area contributed by atoms with E-state index in [2.05, 4.69) is 0 Å². The van der Waals surface area contributed by atoms with Crippen LogP contribution in [0.15, 0.2) is 23.1 Å². The first-order chi connectivity index (χ1) is 12.5. The summed E-state index contributed by atoms with van der Waals surface area (Å²) in [6.45, 7) is 8.39. The van der Waals surface area contributed by atoms with Gasteiger partial charge < -0.3 is 5.11 Å². The van der Waals surface area contributed by atoms with Crippen molar-refractivity contribution in [2.24, 2.45) is 0 Å². The maximum atomic E-state index is 13.0. The summed E-state index contributed by atoms with van der Waals surface area (Å²) < 4.78 is 65.5. The Bertz CT molecular complexity index is 878. The number of halogens is 3. The standard InChI is InChI=1S/C18H25F3N2O4S/c1-12-10-14(18(19,20)21)6-7-15(12)28(26,27)22-8-9-23(16(24)25,13(2)11-22)17(3,4)5/h6-7,10,13H,8-9,11H2,1-5H3/p+1/t13-,23?/m0/s1. The van der Waals surface area contributed by atoms with Gasteiger partial charge in [-0.05, 0) is 58.4 Å². The number of rotatable bonds is 2. The van der Waals surface area contributed by atoms with E-state index < -0.39 is 39.4 Å². The van der Waals surface area contributed by atoms with Gasteiger partial charge in [0.2, 0.25) is 10.0 Å². The van der Waals surface area contributed by atoms with Gasteiger partial charge >= 0.3 is 12.3 Å². The summed E-state index contributed by atoms with van der Waals surface area (Å²) in [5, 5.41) is 9.85. The molecule has 28 heavy (non-hydrogen) atoms. The molecule has 1 fully saturated rings. The predicted octanol–water partition coefficient (Wildman–Crippen LogP) is 3.70. The monoisotopic (exact) mass is 423 g/mol. The zero-order valence-corrected chi connectivity index (χ0v) is 17.4. The molecule has 0 radical (unpaired) electrons. The molecule has 1 N–H and O–H groups in total. The highest BCUT2D eigenvalue weighted by Gasteiger charge is 2.55. The molecule has 1 aromatic carbocycles. The summed E-state index contributed by atoms with van der Waals surface area (Å²) >= 11 is 0. The van der Waals surface area contributed by atoms with Crippen molar-refractivity contribution in [3.63, 3.8) is 0 Å². The number of piperazine rings is 1. The fourth-order valence-electron chi connectivity index (χ4n) is 4.06. The highest BCUT2D eigenvalue weighted by molar-refractivity contribution is 7.89. The molecule has 2 atom stereocenters. The van der Waals surface area contributed by atoms with Crippen LogP contribution in [-0.2, 0) is 16.2 Å². The fraction of sp³-hybridized carbons (Fsp3) is 0.611. The number of hydrogen-bond acceptors (Lipinski definition) is 3. The van der Waals surface area contributed by atoms with Crippen molar-refractivity contribution >= 4 is 16.1 Å². The van der Waals surface area contributed by atoms with E-state index in [1.165, 1.54) is 11.2 Å². The molecule has 0 saturated carbocycles. The van der Waals surface area contributed by atoms with Gasteiger partial charge in [0, 0.05) is 0 Å². The maximum absolute atomic E-state index is 13.0. The van der Waals surface area contributed by atoms with Gasteiger partial charge in [-0.2, -0.15) is 22.3 Å². The Kier molecular flexibility index (Phi) is 5.66. The van der Waals surface area contributed by atoms with Crippen molar-refractivity contribution in [1.29, 1.82) is 0 Å². The Morgan fingerprint density at radius 1 is 1.25 bits per heavy atom. The largest absolute Gasteiger partial charge is 0.514 e. The Labute approximate surface area is 163 Å². The molecule has 0 aromatic heterocycles. The van der Waals surface area contributed by atoms with Crippen LogP contribution in [0.25, 0.3) is 0 Å². The van der Waals surface area contributed by atoms with E-state index in [4.69, 9.17) is 0 Å². The Hall–Kier alpha value is -1.65. The molecule has 0 aliphatic carbocycles. The molecule has 0 bridgehead atoms. The predicted molar refractivity (Wildman–Crippen MR) is 97.3 cm³/mol. The van der Waals surface area contributed by atoms with Crippen LogP contribution < -0.4 is 0 Å². The molecule has 1 aliphatic heterocycles. The molecular formula is C18H26F3N2O4S+. The number of quaternary nitrogens is 1. The van der Waals surface area contributed by atoms with Crippen molar-refractivity contribution in [1.82, 2.24) is 4.31 Å². The Morgan fingerprint density at radius 3 is 2.21 bits per heavy atom. The van der Waals surface area contributed by atoms with Crippen molar-refractivity contribution in [2.45, 2.75) is 57.3 Å². The van der Waals surface area contributed by atoms with E-state index in [0.717, 1.165) is 18.2 Å². The summed E-state index contributed by atoms with van der Waals surface area (Å²) in [6, 6.07) is 2.00. The zero-order valence-electron chi connectivity index (χ0n) is 16.5. The molecule has 1 saturated heterocycles. The number of benzene rings is 1. The van der Waals surface area contributed by atoms with Gasteiger partial charge in [-0.15, -0.1) is 0 Å². The van der Waals surface area contributed by atoms with E-state index in [0.29, 0.717) is 0 Å². The average molecular weight is 423 g/mol. The summed E-state index contributed by atoms with van der Waals surface area (Å²) in [5.74, 6) is 0. The number of amides is 1. The first-order valence-corrected chi connectivity index (χ1v) is 10.3. The van der Waals surface area contributed by atoms with E-state index in [1.54, 1.807) is 27.7 Å². The van der Waals surface area contributed by atoms with Crippen molar-refractivity contribution < 1.29 is 36.0 Å². The quantitative estimate of drug-likeness (QED) is 0.736. The summed E-state index contributed by atoms with van der Waals surface area (Å²) in [6.07, 6.45) is -5.58. The van der Waals surface area contributed by atoms with Gasteiger partial charge in [0.1, 0.15) is 18.1 Å². The molecular weight excluding hydrogens is 397 g/mol. The first-order valence-electron chi connectivity index (χ1n) is 8.84. The van der Waals surface area contributed by atoms with Crippen LogP contribution in [0.4, 0.5) is 18.0 Å². The number of carboxylic acid groups (broad SMARTS) is 1. The van der Waals surface area contributed by atoms with E-state index in [9.17, 15) is 31.5 Å². The lowest BCUT2D eigenvalue weighted by molar-refractivity contribution is -0.928. The minimum Gasteiger partial charge on any atom is -0.435 e. The van der Waals surface area contributed by atoms with E-state index in [-0.39, 0.29) is 34.6 Å². The molecule has 2 rings (SSSR count). The topological polar surface area (TPSA) is 74.7 Å². The van der Waals surface area contributed by atoms with Crippen LogP contribution in [0.5, 0.6) is 0 Å². The molecule has 1 aromatic rings. The smallest absolute Gasteiger partial charge is 0.435 e. The van der Waals surface area contributed by atoms with Crippen LogP contribution >= 0.6 is 0 Å². The molecule has 6 nitrogen and oxygen atoms in total. The van der Waals surface area contributed by atoms with Gasteiger partial charge in [0.15, 0.2) is 0 Å². The Balaban J connectivity index is 2.39. The lowest BCUT2D eigenvalue weighted by Crippen LogP contribution is -2.74. The van der Waals surface area contributed by atoms with Crippen LogP contribution in [0.1, 0.15) is 38.8 Å². The highest BCUT2D eigenvalue weighted by atomic mass is 32.2. The second-order valence-electron chi connectivity index (χ2n) is 8.24. The second-order valence-corrected chi connectivity index (χ2v) is 10.1.